The Balaban J connectivity index is 1.54. The smallest absolute Gasteiger partial charge is 0.269 e. The molecule has 6 nitrogen and oxygen atoms in total. The molecule has 0 bridgehead atoms. The predicted octanol–water partition coefficient (Wildman–Crippen LogP) is 4.35. The van der Waals surface area contributed by atoms with Crippen molar-refractivity contribution >= 4 is 33.8 Å². The molecule has 8 heteroatoms. The number of imidazole rings is 1. The second kappa shape index (κ2) is 7.41. The monoisotopic (exact) mass is 413 g/mol. The van der Waals surface area contributed by atoms with Crippen molar-refractivity contribution in [1.29, 1.82) is 0 Å². The Kier molecular flexibility index (Phi) is 4.95. The van der Waals surface area contributed by atoms with Gasteiger partial charge in [0.2, 0.25) is 0 Å². The van der Waals surface area contributed by atoms with Crippen molar-refractivity contribution in [3.8, 4) is 11.3 Å². The van der Waals surface area contributed by atoms with Crippen molar-refractivity contribution in [3.63, 3.8) is 0 Å². The lowest BCUT2D eigenvalue weighted by molar-refractivity contribution is 0.0930. The van der Waals surface area contributed by atoms with Crippen LogP contribution in [0.25, 0.3) is 16.2 Å². The molecule has 3 aromatic heterocycles. The van der Waals surface area contributed by atoms with Gasteiger partial charge in [-0.3, -0.25) is 13.9 Å². The lowest BCUT2D eigenvalue weighted by Crippen LogP contribution is -2.36. The number of benzene rings is 1. The number of halogens is 1. The SMILES string of the molecule is Cc1cc(C)n(C[C@H](C)NC(=O)c2csc3nc(-c4ccccc4Cl)cn23)n1. The molecule has 0 fully saturated rings. The van der Waals surface area contributed by atoms with Crippen molar-refractivity contribution in [3.05, 3.63) is 64.0 Å². The number of aromatic nitrogens is 4. The number of aryl methyl sites for hydroxylation is 2. The number of rotatable bonds is 5. The van der Waals surface area contributed by atoms with E-state index in [0.29, 0.717) is 17.3 Å². The zero-order valence-electron chi connectivity index (χ0n) is 15.8. The van der Waals surface area contributed by atoms with Gasteiger partial charge in [0, 0.05) is 28.9 Å². The molecule has 1 amide bonds. The minimum atomic E-state index is -0.136. The van der Waals surface area contributed by atoms with Crippen LogP contribution in [0.1, 0.15) is 28.8 Å². The minimum Gasteiger partial charge on any atom is -0.346 e. The van der Waals surface area contributed by atoms with E-state index >= 15 is 0 Å². The van der Waals surface area contributed by atoms with Crippen LogP contribution in [0.15, 0.2) is 41.9 Å². The molecule has 28 heavy (non-hydrogen) atoms. The molecule has 0 unspecified atom stereocenters. The number of fused-ring (bicyclic) bond motifs is 1. The second-order valence-corrected chi connectivity index (χ2v) is 8.11. The van der Waals surface area contributed by atoms with Crippen LogP contribution in [-0.4, -0.2) is 31.1 Å². The summed E-state index contributed by atoms with van der Waals surface area (Å²) >= 11 is 7.71. The van der Waals surface area contributed by atoms with Gasteiger partial charge in [-0.1, -0.05) is 29.8 Å². The third-order valence-corrected chi connectivity index (χ3v) is 5.69. The fourth-order valence-corrected chi connectivity index (χ4v) is 4.29. The largest absolute Gasteiger partial charge is 0.346 e. The van der Waals surface area contributed by atoms with E-state index in [1.54, 1.807) is 0 Å². The van der Waals surface area contributed by atoms with Crippen LogP contribution in [0.5, 0.6) is 0 Å². The summed E-state index contributed by atoms with van der Waals surface area (Å²) in [7, 11) is 0. The second-order valence-electron chi connectivity index (χ2n) is 6.86. The van der Waals surface area contributed by atoms with E-state index < -0.39 is 0 Å². The molecule has 0 aliphatic carbocycles. The summed E-state index contributed by atoms with van der Waals surface area (Å²) in [4.78, 5) is 18.2. The molecule has 4 rings (SSSR count). The van der Waals surface area contributed by atoms with Crippen molar-refractivity contribution in [2.45, 2.75) is 33.4 Å². The van der Waals surface area contributed by atoms with Crippen LogP contribution >= 0.6 is 22.9 Å². The van der Waals surface area contributed by atoms with Crippen LogP contribution in [0.4, 0.5) is 0 Å². The zero-order valence-corrected chi connectivity index (χ0v) is 17.4. The van der Waals surface area contributed by atoms with Gasteiger partial charge in [-0.05, 0) is 32.9 Å². The van der Waals surface area contributed by atoms with E-state index in [1.165, 1.54) is 11.3 Å². The predicted molar refractivity (Wildman–Crippen MR) is 112 cm³/mol. The van der Waals surface area contributed by atoms with Crippen molar-refractivity contribution in [2.75, 3.05) is 0 Å². The van der Waals surface area contributed by atoms with E-state index in [0.717, 1.165) is 27.6 Å². The summed E-state index contributed by atoms with van der Waals surface area (Å²) in [6, 6.07) is 9.52. The molecule has 0 aliphatic heterocycles. The maximum absolute atomic E-state index is 12.8. The molecule has 1 N–H and O–H groups in total. The number of amides is 1. The Morgan fingerprint density at radius 3 is 2.82 bits per heavy atom. The van der Waals surface area contributed by atoms with E-state index in [2.05, 4.69) is 15.4 Å². The molecule has 0 saturated heterocycles. The summed E-state index contributed by atoms with van der Waals surface area (Å²) in [5, 5.41) is 9.97. The molecule has 0 aliphatic rings. The van der Waals surface area contributed by atoms with Gasteiger partial charge in [-0.25, -0.2) is 4.98 Å². The van der Waals surface area contributed by atoms with E-state index in [-0.39, 0.29) is 11.9 Å². The van der Waals surface area contributed by atoms with Crippen molar-refractivity contribution in [2.24, 2.45) is 0 Å². The van der Waals surface area contributed by atoms with E-state index in [9.17, 15) is 4.79 Å². The molecular weight excluding hydrogens is 394 g/mol. The zero-order chi connectivity index (χ0) is 19.8. The molecular formula is C20H20ClN5OS. The molecule has 4 aromatic rings. The van der Waals surface area contributed by atoms with Crippen molar-refractivity contribution in [1.82, 2.24) is 24.5 Å². The lowest BCUT2D eigenvalue weighted by atomic mass is 10.2. The Labute approximate surface area is 171 Å². The molecule has 3 heterocycles. The van der Waals surface area contributed by atoms with Crippen LogP contribution in [-0.2, 0) is 6.54 Å². The fraction of sp³-hybridized carbons (Fsp3) is 0.250. The number of carbonyl (C=O) groups excluding carboxylic acids is 1. The maximum atomic E-state index is 12.8. The molecule has 0 saturated carbocycles. The fourth-order valence-electron chi connectivity index (χ4n) is 3.21. The van der Waals surface area contributed by atoms with E-state index in [1.807, 2.05) is 71.8 Å². The molecule has 0 spiro atoms. The van der Waals surface area contributed by atoms with Gasteiger partial charge in [-0.15, -0.1) is 11.3 Å². The third-order valence-electron chi connectivity index (χ3n) is 4.52. The summed E-state index contributed by atoms with van der Waals surface area (Å²) in [5.41, 5.74) is 4.22. The van der Waals surface area contributed by atoms with Gasteiger partial charge in [0.1, 0.15) is 5.69 Å². The average Bonchev–Trinajstić information content (AvgIpc) is 3.29. The number of nitrogens with one attached hydrogen (secondary N) is 1. The highest BCUT2D eigenvalue weighted by molar-refractivity contribution is 7.15. The third kappa shape index (κ3) is 3.55. The van der Waals surface area contributed by atoms with Crippen LogP contribution < -0.4 is 5.32 Å². The standard InChI is InChI=1S/C20H20ClN5OS/c1-12-8-14(3)26(24-12)9-13(2)22-19(27)18-11-28-20-23-17(10-25(18)20)15-6-4-5-7-16(15)21/h4-8,10-11,13H,9H2,1-3H3,(H,22,27)/t13-/m0/s1. The Hall–Kier alpha value is -2.64. The normalized spacial score (nSPS) is 12.4. The summed E-state index contributed by atoms with van der Waals surface area (Å²) < 4.78 is 3.73. The summed E-state index contributed by atoms with van der Waals surface area (Å²) in [6.45, 7) is 6.57. The van der Waals surface area contributed by atoms with Gasteiger partial charge in [-0.2, -0.15) is 5.10 Å². The van der Waals surface area contributed by atoms with Gasteiger partial charge >= 0.3 is 0 Å². The summed E-state index contributed by atoms with van der Waals surface area (Å²) in [6.07, 6.45) is 1.85. The molecule has 1 atom stereocenters. The number of carbonyl (C=O) groups is 1. The number of nitrogens with zero attached hydrogens (tertiary/aromatic N) is 4. The molecule has 1 aromatic carbocycles. The first kappa shape index (κ1) is 18.7. The average molecular weight is 414 g/mol. The quantitative estimate of drug-likeness (QED) is 0.529. The number of hydrogen-bond donors (Lipinski definition) is 1. The van der Waals surface area contributed by atoms with Crippen LogP contribution in [0, 0.1) is 13.8 Å². The first-order valence-corrected chi connectivity index (χ1v) is 10.2. The highest BCUT2D eigenvalue weighted by Gasteiger charge is 2.18. The van der Waals surface area contributed by atoms with Gasteiger partial charge in [0.15, 0.2) is 4.96 Å². The minimum absolute atomic E-state index is 0.0630. The maximum Gasteiger partial charge on any atom is 0.269 e. The Morgan fingerprint density at radius 1 is 1.32 bits per heavy atom. The van der Waals surface area contributed by atoms with Gasteiger partial charge in [0.05, 0.1) is 23.0 Å². The highest BCUT2D eigenvalue weighted by Crippen LogP contribution is 2.29. The van der Waals surface area contributed by atoms with E-state index in [4.69, 9.17) is 11.6 Å². The number of hydrogen-bond acceptors (Lipinski definition) is 4. The topological polar surface area (TPSA) is 64.2 Å². The Bertz CT molecular complexity index is 1160. The van der Waals surface area contributed by atoms with Gasteiger partial charge in [0.25, 0.3) is 5.91 Å². The molecule has 144 valence electrons. The summed E-state index contributed by atoms with van der Waals surface area (Å²) in [5.74, 6) is -0.136. The van der Waals surface area contributed by atoms with Crippen LogP contribution in [0.2, 0.25) is 5.02 Å². The first-order chi connectivity index (χ1) is 13.4. The van der Waals surface area contributed by atoms with Crippen molar-refractivity contribution < 1.29 is 4.79 Å². The van der Waals surface area contributed by atoms with Crippen LogP contribution in [0.3, 0.4) is 0 Å². The first-order valence-electron chi connectivity index (χ1n) is 8.96. The highest BCUT2D eigenvalue weighted by atomic mass is 35.5. The lowest BCUT2D eigenvalue weighted by Gasteiger charge is -2.14. The Morgan fingerprint density at radius 2 is 2.11 bits per heavy atom. The molecule has 0 radical (unpaired) electrons. The van der Waals surface area contributed by atoms with Gasteiger partial charge < -0.3 is 5.32 Å². The number of thiazole rings is 1.